The summed E-state index contributed by atoms with van der Waals surface area (Å²) in [6.07, 6.45) is 0. The van der Waals surface area contributed by atoms with Gasteiger partial charge in [0.05, 0.1) is 18.3 Å². The lowest BCUT2D eigenvalue weighted by Crippen LogP contribution is -2.34. The number of rotatable bonds is 4. The van der Waals surface area contributed by atoms with Crippen molar-refractivity contribution < 1.29 is 9.32 Å². The maximum absolute atomic E-state index is 11.3. The number of nitrogens with zero attached hydrogens (tertiary/aromatic N) is 1. The Kier molecular flexibility index (Phi) is 3.85. The Labute approximate surface area is 89.2 Å². The van der Waals surface area contributed by atoms with Crippen LogP contribution in [0.15, 0.2) is 4.52 Å². The molecule has 0 aliphatic heterocycles. The fourth-order valence-electron chi connectivity index (χ4n) is 1.63. The van der Waals surface area contributed by atoms with E-state index >= 15 is 0 Å². The fraction of sp³-hybridized carbons (Fsp3) is 0.600. The number of hydrogen-bond donors (Lipinski definition) is 2. The molecule has 1 aromatic heterocycles. The van der Waals surface area contributed by atoms with E-state index in [1.165, 1.54) is 0 Å². The highest BCUT2D eigenvalue weighted by Gasteiger charge is 2.17. The van der Waals surface area contributed by atoms with Gasteiger partial charge in [-0.3, -0.25) is 4.79 Å². The monoisotopic (exact) mass is 211 g/mol. The molecule has 1 heterocycles. The molecule has 0 aromatic carbocycles. The molecule has 0 bridgehead atoms. The van der Waals surface area contributed by atoms with E-state index in [1.54, 1.807) is 7.05 Å². The third kappa shape index (κ3) is 2.79. The molecule has 5 nitrogen and oxygen atoms in total. The first-order valence-corrected chi connectivity index (χ1v) is 4.93. The molecule has 0 saturated carbocycles. The van der Waals surface area contributed by atoms with Crippen LogP contribution in [0, 0.1) is 13.8 Å². The van der Waals surface area contributed by atoms with Crippen LogP contribution in [0.5, 0.6) is 0 Å². The van der Waals surface area contributed by atoms with Gasteiger partial charge in [0.2, 0.25) is 5.91 Å². The number of nitrogens with one attached hydrogen (secondary N) is 2. The average molecular weight is 211 g/mol. The van der Waals surface area contributed by atoms with Crippen LogP contribution in [0.25, 0.3) is 0 Å². The van der Waals surface area contributed by atoms with Crippen LogP contribution in [0.4, 0.5) is 0 Å². The van der Waals surface area contributed by atoms with Crippen molar-refractivity contribution in [1.82, 2.24) is 15.8 Å². The topological polar surface area (TPSA) is 67.2 Å². The highest BCUT2D eigenvalue weighted by molar-refractivity contribution is 5.78. The highest BCUT2D eigenvalue weighted by atomic mass is 16.5. The predicted molar refractivity (Wildman–Crippen MR) is 56.5 cm³/mol. The summed E-state index contributed by atoms with van der Waals surface area (Å²) in [5, 5.41) is 9.51. The van der Waals surface area contributed by atoms with Gasteiger partial charge in [0.25, 0.3) is 0 Å². The van der Waals surface area contributed by atoms with E-state index < -0.39 is 0 Å². The normalized spacial score (nSPS) is 12.5. The van der Waals surface area contributed by atoms with Gasteiger partial charge in [-0.15, -0.1) is 0 Å². The second-order valence-electron chi connectivity index (χ2n) is 3.56. The van der Waals surface area contributed by atoms with E-state index in [-0.39, 0.29) is 11.9 Å². The highest BCUT2D eigenvalue weighted by Crippen LogP contribution is 2.20. The quantitative estimate of drug-likeness (QED) is 0.769. The molecule has 15 heavy (non-hydrogen) atoms. The smallest absolute Gasteiger partial charge is 0.234 e. The summed E-state index contributed by atoms with van der Waals surface area (Å²) in [6, 6.07) is -0.0721. The molecule has 0 radical (unpaired) electrons. The molecule has 1 atom stereocenters. The van der Waals surface area contributed by atoms with Crippen molar-refractivity contribution >= 4 is 5.91 Å². The first-order chi connectivity index (χ1) is 7.06. The van der Waals surface area contributed by atoms with Crippen LogP contribution < -0.4 is 10.6 Å². The minimum absolute atomic E-state index is 0.0370. The van der Waals surface area contributed by atoms with Gasteiger partial charge in [-0.2, -0.15) is 0 Å². The van der Waals surface area contributed by atoms with Crippen molar-refractivity contribution in [2.45, 2.75) is 26.8 Å². The largest absolute Gasteiger partial charge is 0.361 e. The Bertz CT molecular complexity index is 327. The zero-order chi connectivity index (χ0) is 11.4. The first kappa shape index (κ1) is 11.7. The molecule has 84 valence electrons. The molecule has 1 aromatic rings. The Morgan fingerprint density at radius 1 is 1.53 bits per heavy atom. The number of carbonyl (C=O) groups excluding carboxylic acids is 1. The van der Waals surface area contributed by atoms with Crippen molar-refractivity contribution in [2.24, 2.45) is 0 Å². The Hall–Kier alpha value is -1.36. The standard InChI is InChI=1S/C10H17N3O2/c1-6(12-9(14)5-11-4)10-7(2)13-15-8(10)3/h6,11H,5H2,1-4H3,(H,12,14). The van der Waals surface area contributed by atoms with E-state index in [4.69, 9.17) is 4.52 Å². The molecule has 5 heteroatoms. The number of aryl methyl sites for hydroxylation is 2. The van der Waals surface area contributed by atoms with Crippen molar-refractivity contribution in [3.8, 4) is 0 Å². The fourth-order valence-corrected chi connectivity index (χ4v) is 1.63. The van der Waals surface area contributed by atoms with Crippen LogP contribution in [-0.2, 0) is 4.79 Å². The lowest BCUT2D eigenvalue weighted by Gasteiger charge is -2.13. The number of aromatic nitrogens is 1. The predicted octanol–water partition coefficient (Wildman–Crippen LogP) is 0.688. The van der Waals surface area contributed by atoms with Gasteiger partial charge in [-0.05, 0) is 27.8 Å². The molecule has 0 spiro atoms. The zero-order valence-corrected chi connectivity index (χ0v) is 9.55. The second kappa shape index (κ2) is 4.93. The molecular formula is C10H17N3O2. The zero-order valence-electron chi connectivity index (χ0n) is 9.55. The van der Waals surface area contributed by atoms with Gasteiger partial charge in [0.1, 0.15) is 5.76 Å². The molecule has 0 aliphatic carbocycles. The minimum atomic E-state index is -0.0721. The summed E-state index contributed by atoms with van der Waals surface area (Å²) in [5.74, 6) is 0.717. The van der Waals surface area contributed by atoms with Crippen molar-refractivity contribution in [3.05, 3.63) is 17.0 Å². The number of likely N-dealkylation sites (N-methyl/N-ethyl adjacent to an activating group) is 1. The van der Waals surface area contributed by atoms with Crippen LogP contribution in [0.1, 0.15) is 30.0 Å². The molecular weight excluding hydrogens is 194 g/mol. The van der Waals surface area contributed by atoms with E-state index in [0.29, 0.717) is 6.54 Å². The summed E-state index contributed by atoms with van der Waals surface area (Å²) in [4.78, 5) is 11.3. The molecule has 1 unspecified atom stereocenters. The lowest BCUT2D eigenvalue weighted by molar-refractivity contribution is -0.120. The van der Waals surface area contributed by atoms with E-state index in [9.17, 15) is 4.79 Å². The molecule has 1 rings (SSSR count). The number of amides is 1. The Balaban J connectivity index is 2.68. The third-order valence-electron chi connectivity index (χ3n) is 2.24. The van der Waals surface area contributed by atoms with E-state index in [0.717, 1.165) is 17.0 Å². The second-order valence-corrected chi connectivity index (χ2v) is 3.56. The summed E-state index contributed by atoms with van der Waals surface area (Å²) in [6.45, 7) is 5.94. The maximum Gasteiger partial charge on any atom is 0.234 e. The Morgan fingerprint density at radius 2 is 2.20 bits per heavy atom. The maximum atomic E-state index is 11.3. The van der Waals surface area contributed by atoms with Gasteiger partial charge in [0.15, 0.2) is 0 Å². The van der Waals surface area contributed by atoms with Crippen LogP contribution in [-0.4, -0.2) is 24.7 Å². The van der Waals surface area contributed by atoms with Gasteiger partial charge in [-0.1, -0.05) is 5.16 Å². The van der Waals surface area contributed by atoms with Crippen molar-refractivity contribution in [1.29, 1.82) is 0 Å². The van der Waals surface area contributed by atoms with Gasteiger partial charge < -0.3 is 15.2 Å². The molecule has 0 fully saturated rings. The molecule has 2 N–H and O–H groups in total. The van der Waals surface area contributed by atoms with Crippen LogP contribution in [0.3, 0.4) is 0 Å². The first-order valence-electron chi connectivity index (χ1n) is 4.93. The van der Waals surface area contributed by atoms with E-state index in [1.807, 2.05) is 20.8 Å². The molecule has 0 aliphatic rings. The summed E-state index contributed by atoms with van der Waals surface area (Å²) < 4.78 is 5.04. The van der Waals surface area contributed by atoms with Crippen LogP contribution >= 0.6 is 0 Å². The molecule has 1 amide bonds. The van der Waals surface area contributed by atoms with Gasteiger partial charge in [-0.25, -0.2) is 0 Å². The minimum Gasteiger partial charge on any atom is -0.361 e. The number of hydrogen-bond acceptors (Lipinski definition) is 4. The van der Waals surface area contributed by atoms with Crippen LogP contribution in [0.2, 0.25) is 0 Å². The third-order valence-corrected chi connectivity index (χ3v) is 2.24. The lowest BCUT2D eigenvalue weighted by atomic mass is 10.1. The van der Waals surface area contributed by atoms with Crippen molar-refractivity contribution in [2.75, 3.05) is 13.6 Å². The SMILES string of the molecule is CNCC(=O)NC(C)c1c(C)noc1C. The van der Waals surface area contributed by atoms with Gasteiger partial charge >= 0.3 is 0 Å². The van der Waals surface area contributed by atoms with Gasteiger partial charge in [0, 0.05) is 5.56 Å². The number of carbonyl (C=O) groups is 1. The summed E-state index contributed by atoms with van der Waals surface area (Å²) in [7, 11) is 1.74. The average Bonchev–Trinajstić information content (AvgIpc) is 2.46. The molecule has 0 saturated heterocycles. The van der Waals surface area contributed by atoms with Crippen molar-refractivity contribution in [3.63, 3.8) is 0 Å². The van der Waals surface area contributed by atoms with E-state index in [2.05, 4.69) is 15.8 Å². The summed E-state index contributed by atoms with van der Waals surface area (Å²) >= 11 is 0. The Morgan fingerprint density at radius 3 is 2.67 bits per heavy atom. The summed E-state index contributed by atoms with van der Waals surface area (Å²) in [5.41, 5.74) is 1.78.